The molecule has 1 heteroatoms. The van der Waals surface area contributed by atoms with E-state index in [9.17, 15) is 0 Å². The molecule has 0 spiro atoms. The van der Waals surface area contributed by atoms with Gasteiger partial charge in [-0.05, 0) is 32.3 Å². The standard InChI is InChI=1S/C16H27N/c1-6-15(7-2)13(4)17-14(5)16-10-8-12(3)9-11-16/h8-11,13-15,17H,6-7H2,1-5H3. The SMILES string of the molecule is CCC(CC)C(C)NC(C)c1ccc(C)cc1. The lowest BCUT2D eigenvalue weighted by Crippen LogP contribution is -2.34. The van der Waals surface area contributed by atoms with E-state index >= 15 is 0 Å². The van der Waals surface area contributed by atoms with Gasteiger partial charge in [0.1, 0.15) is 0 Å². The Bertz CT molecular complexity index is 311. The molecule has 17 heavy (non-hydrogen) atoms. The van der Waals surface area contributed by atoms with Crippen LogP contribution in [-0.4, -0.2) is 6.04 Å². The van der Waals surface area contributed by atoms with Crippen LogP contribution in [-0.2, 0) is 0 Å². The molecule has 0 aliphatic heterocycles. The molecule has 1 rings (SSSR count). The van der Waals surface area contributed by atoms with Crippen molar-refractivity contribution in [3.63, 3.8) is 0 Å². The molecule has 0 aliphatic rings. The summed E-state index contributed by atoms with van der Waals surface area (Å²) >= 11 is 0. The third kappa shape index (κ3) is 4.16. The Hall–Kier alpha value is -0.820. The van der Waals surface area contributed by atoms with E-state index in [-0.39, 0.29) is 0 Å². The zero-order chi connectivity index (χ0) is 12.8. The predicted octanol–water partition coefficient (Wildman–Crippen LogP) is 4.47. The van der Waals surface area contributed by atoms with Gasteiger partial charge in [0.25, 0.3) is 0 Å². The van der Waals surface area contributed by atoms with Crippen LogP contribution in [0.4, 0.5) is 0 Å². The van der Waals surface area contributed by atoms with Crippen molar-refractivity contribution < 1.29 is 0 Å². The molecule has 1 aromatic rings. The summed E-state index contributed by atoms with van der Waals surface area (Å²) < 4.78 is 0. The lowest BCUT2D eigenvalue weighted by Gasteiger charge is -2.26. The van der Waals surface area contributed by atoms with Gasteiger partial charge < -0.3 is 5.32 Å². The van der Waals surface area contributed by atoms with Gasteiger partial charge in [0.15, 0.2) is 0 Å². The quantitative estimate of drug-likeness (QED) is 0.764. The van der Waals surface area contributed by atoms with E-state index in [0.717, 1.165) is 5.92 Å². The van der Waals surface area contributed by atoms with Gasteiger partial charge in [0.05, 0.1) is 0 Å². The van der Waals surface area contributed by atoms with E-state index in [1.165, 1.54) is 24.0 Å². The highest BCUT2D eigenvalue weighted by Crippen LogP contribution is 2.18. The molecule has 2 atom stereocenters. The van der Waals surface area contributed by atoms with E-state index < -0.39 is 0 Å². The maximum atomic E-state index is 3.72. The molecule has 1 N–H and O–H groups in total. The van der Waals surface area contributed by atoms with Crippen LogP contribution in [0.1, 0.15) is 57.7 Å². The van der Waals surface area contributed by atoms with E-state index in [0.29, 0.717) is 12.1 Å². The molecule has 0 amide bonds. The number of nitrogens with one attached hydrogen (secondary N) is 1. The summed E-state index contributed by atoms with van der Waals surface area (Å²) in [7, 11) is 0. The Labute approximate surface area is 107 Å². The minimum atomic E-state index is 0.436. The maximum absolute atomic E-state index is 3.72. The third-order valence-corrected chi connectivity index (χ3v) is 3.85. The van der Waals surface area contributed by atoms with Gasteiger partial charge in [-0.25, -0.2) is 0 Å². The number of rotatable bonds is 6. The number of hydrogen-bond acceptors (Lipinski definition) is 1. The lowest BCUT2D eigenvalue weighted by atomic mass is 9.94. The zero-order valence-electron chi connectivity index (χ0n) is 12.0. The fourth-order valence-corrected chi connectivity index (χ4v) is 2.48. The van der Waals surface area contributed by atoms with Crippen molar-refractivity contribution in [2.24, 2.45) is 5.92 Å². The number of benzene rings is 1. The lowest BCUT2D eigenvalue weighted by molar-refractivity contribution is 0.330. The Morgan fingerprint density at radius 3 is 2.00 bits per heavy atom. The predicted molar refractivity (Wildman–Crippen MR) is 76.3 cm³/mol. The van der Waals surface area contributed by atoms with Gasteiger partial charge in [-0.1, -0.05) is 56.5 Å². The minimum Gasteiger partial charge on any atom is -0.307 e. The molecule has 0 heterocycles. The average Bonchev–Trinajstić information content (AvgIpc) is 2.31. The molecule has 0 fully saturated rings. The first-order valence-electron chi connectivity index (χ1n) is 6.91. The van der Waals surface area contributed by atoms with Gasteiger partial charge in [0.2, 0.25) is 0 Å². The molecule has 2 unspecified atom stereocenters. The van der Waals surface area contributed by atoms with E-state index in [4.69, 9.17) is 0 Å². The Morgan fingerprint density at radius 1 is 1.00 bits per heavy atom. The van der Waals surface area contributed by atoms with Crippen LogP contribution in [0.25, 0.3) is 0 Å². The summed E-state index contributed by atoms with van der Waals surface area (Å²) in [5.74, 6) is 0.780. The number of hydrogen-bond donors (Lipinski definition) is 1. The molecule has 0 radical (unpaired) electrons. The van der Waals surface area contributed by atoms with Crippen molar-refractivity contribution in [1.82, 2.24) is 5.32 Å². The molecule has 0 saturated heterocycles. The zero-order valence-corrected chi connectivity index (χ0v) is 12.0. The van der Waals surface area contributed by atoms with E-state index in [2.05, 4.69) is 64.2 Å². The average molecular weight is 233 g/mol. The highest BCUT2D eigenvalue weighted by atomic mass is 14.9. The monoisotopic (exact) mass is 233 g/mol. The molecule has 0 aromatic heterocycles. The Balaban J connectivity index is 2.59. The second-order valence-corrected chi connectivity index (χ2v) is 5.16. The van der Waals surface area contributed by atoms with Crippen LogP contribution >= 0.6 is 0 Å². The molecule has 0 aliphatic carbocycles. The molecular formula is C16H27N. The molecule has 1 aromatic carbocycles. The Morgan fingerprint density at radius 2 is 1.53 bits per heavy atom. The van der Waals surface area contributed by atoms with Crippen LogP contribution in [0.2, 0.25) is 0 Å². The van der Waals surface area contributed by atoms with Gasteiger partial charge in [0, 0.05) is 12.1 Å². The fourth-order valence-electron chi connectivity index (χ4n) is 2.48. The van der Waals surface area contributed by atoms with Crippen LogP contribution in [0.5, 0.6) is 0 Å². The summed E-state index contributed by atoms with van der Waals surface area (Å²) in [6.45, 7) is 11.3. The first kappa shape index (κ1) is 14.2. The van der Waals surface area contributed by atoms with Crippen LogP contribution < -0.4 is 5.32 Å². The summed E-state index contributed by atoms with van der Waals surface area (Å²) in [5.41, 5.74) is 2.71. The van der Waals surface area contributed by atoms with Crippen molar-refractivity contribution in [2.45, 2.75) is 59.5 Å². The van der Waals surface area contributed by atoms with Gasteiger partial charge in [-0.3, -0.25) is 0 Å². The number of aryl methyl sites for hydroxylation is 1. The first-order chi connectivity index (χ1) is 8.08. The summed E-state index contributed by atoms with van der Waals surface area (Å²) in [6, 6.07) is 9.86. The van der Waals surface area contributed by atoms with Crippen molar-refractivity contribution in [3.8, 4) is 0 Å². The van der Waals surface area contributed by atoms with Crippen molar-refractivity contribution in [2.75, 3.05) is 0 Å². The highest BCUT2D eigenvalue weighted by molar-refractivity contribution is 5.23. The molecule has 0 bridgehead atoms. The van der Waals surface area contributed by atoms with Crippen molar-refractivity contribution in [1.29, 1.82) is 0 Å². The second kappa shape index (κ2) is 6.80. The van der Waals surface area contributed by atoms with Gasteiger partial charge >= 0.3 is 0 Å². The maximum Gasteiger partial charge on any atom is 0.0294 e. The molecular weight excluding hydrogens is 206 g/mol. The first-order valence-corrected chi connectivity index (χ1v) is 6.91. The Kier molecular flexibility index (Phi) is 5.70. The van der Waals surface area contributed by atoms with Crippen LogP contribution in [0.3, 0.4) is 0 Å². The smallest absolute Gasteiger partial charge is 0.0294 e. The fraction of sp³-hybridized carbons (Fsp3) is 0.625. The van der Waals surface area contributed by atoms with Crippen LogP contribution in [0.15, 0.2) is 24.3 Å². The van der Waals surface area contributed by atoms with E-state index in [1.54, 1.807) is 0 Å². The second-order valence-electron chi connectivity index (χ2n) is 5.16. The largest absolute Gasteiger partial charge is 0.307 e. The normalized spacial score (nSPS) is 14.9. The summed E-state index contributed by atoms with van der Waals surface area (Å²) in [4.78, 5) is 0. The van der Waals surface area contributed by atoms with Crippen molar-refractivity contribution >= 4 is 0 Å². The van der Waals surface area contributed by atoms with Gasteiger partial charge in [-0.2, -0.15) is 0 Å². The van der Waals surface area contributed by atoms with Gasteiger partial charge in [-0.15, -0.1) is 0 Å². The minimum absolute atomic E-state index is 0.436. The van der Waals surface area contributed by atoms with E-state index in [1.807, 2.05) is 0 Å². The topological polar surface area (TPSA) is 12.0 Å². The molecule has 0 saturated carbocycles. The van der Waals surface area contributed by atoms with Crippen molar-refractivity contribution in [3.05, 3.63) is 35.4 Å². The summed E-state index contributed by atoms with van der Waals surface area (Å²) in [5, 5.41) is 3.72. The molecule has 1 nitrogen and oxygen atoms in total. The molecule has 96 valence electrons. The highest BCUT2D eigenvalue weighted by Gasteiger charge is 2.16. The van der Waals surface area contributed by atoms with Crippen LogP contribution in [0, 0.1) is 12.8 Å². The third-order valence-electron chi connectivity index (χ3n) is 3.85. The summed E-state index contributed by atoms with van der Waals surface area (Å²) in [6.07, 6.45) is 2.51.